The zero-order chi connectivity index (χ0) is 14.8. The minimum atomic E-state index is -3.98. The van der Waals surface area contributed by atoms with Gasteiger partial charge in [-0.05, 0) is 24.1 Å². The van der Waals surface area contributed by atoms with Crippen LogP contribution in [0.3, 0.4) is 0 Å². The molecule has 0 bridgehead atoms. The van der Waals surface area contributed by atoms with Gasteiger partial charge in [0.2, 0.25) is 0 Å². The fourth-order valence-electron chi connectivity index (χ4n) is 1.58. The average molecular weight is 296 g/mol. The van der Waals surface area contributed by atoms with E-state index in [0.717, 1.165) is 17.3 Å². The van der Waals surface area contributed by atoms with Crippen molar-refractivity contribution in [2.45, 2.75) is 18.5 Å². The van der Waals surface area contributed by atoms with Gasteiger partial charge in [0.05, 0.1) is 6.20 Å². The Morgan fingerprint density at radius 3 is 2.85 bits per heavy atom. The summed E-state index contributed by atoms with van der Waals surface area (Å²) in [5, 5.41) is 14.1. The Hall–Kier alpha value is -2.26. The van der Waals surface area contributed by atoms with Crippen LogP contribution in [0.5, 0.6) is 0 Å². The summed E-state index contributed by atoms with van der Waals surface area (Å²) in [6.07, 6.45) is 4.12. The van der Waals surface area contributed by atoms with Gasteiger partial charge in [-0.15, -0.1) is 0 Å². The lowest BCUT2D eigenvalue weighted by Gasteiger charge is -2.07. The highest BCUT2D eigenvalue weighted by Crippen LogP contribution is 2.13. The van der Waals surface area contributed by atoms with E-state index < -0.39 is 26.6 Å². The van der Waals surface area contributed by atoms with Gasteiger partial charge in [-0.25, -0.2) is 17.9 Å². The third kappa shape index (κ3) is 2.83. The predicted molar refractivity (Wildman–Crippen MR) is 68.5 cm³/mol. The van der Waals surface area contributed by atoms with Gasteiger partial charge >= 0.3 is 5.97 Å². The maximum atomic E-state index is 12.0. The van der Waals surface area contributed by atoms with Crippen LogP contribution < -0.4 is 4.72 Å². The second kappa shape index (κ2) is 5.39. The number of H-pyrrole nitrogens is 1. The molecule has 0 aromatic carbocycles. The summed E-state index contributed by atoms with van der Waals surface area (Å²) < 4.78 is 26.4. The number of nitrogens with zero attached hydrogens (tertiary/aromatic N) is 2. The molecule has 0 aliphatic carbocycles. The van der Waals surface area contributed by atoms with Crippen molar-refractivity contribution < 1.29 is 18.3 Å². The topological polar surface area (TPSA) is 125 Å². The van der Waals surface area contributed by atoms with Gasteiger partial charge in [-0.3, -0.25) is 10.1 Å². The van der Waals surface area contributed by atoms with Crippen molar-refractivity contribution in [1.29, 1.82) is 0 Å². The van der Waals surface area contributed by atoms with Crippen LogP contribution in [-0.2, 0) is 16.6 Å². The Morgan fingerprint density at radius 1 is 1.45 bits per heavy atom. The first kappa shape index (κ1) is 14.2. The van der Waals surface area contributed by atoms with Gasteiger partial charge in [0.1, 0.15) is 5.56 Å². The molecule has 106 valence electrons. The number of carboxylic acids is 1. The number of aromatic amines is 1. The van der Waals surface area contributed by atoms with Crippen LogP contribution in [0.1, 0.15) is 21.5 Å². The molecule has 0 amide bonds. The van der Waals surface area contributed by atoms with Gasteiger partial charge in [0, 0.05) is 18.9 Å². The first-order chi connectivity index (χ1) is 9.42. The number of hydrogen-bond acceptors (Lipinski definition) is 5. The van der Waals surface area contributed by atoms with Crippen LogP contribution >= 0.6 is 0 Å². The van der Waals surface area contributed by atoms with Crippen molar-refractivity contribution in [1.82, 2.24) is 19.9 Å². The first-order valence-electron chi connectivity index (χ1n) is 5.57. The molecule has 0 saturated heterocycles. The lowest BCUT2D eigenvalue weighted by atomic mass is 10.2. The average Bonchev–Trinajstić information content (AvgIpc) is 2.88. The van der Waals surface area contributed by atoms with Crippen LogP contribution in [0.15, 0.2) is 29.7 Å². The zero-order valence-corrected chi connectivity index (χ0v) is 11.3. The molecule has 20 heavy (non-hydrogen) atoms. The van der Waals surface area contributed by atoms with E-state index in [1.807, 2.05) is 0 Å². The van der Waals surface area contributed by atoms with Crippen LogP contribution in [0.4, 0.5) is 0 Å². The van der Waals surface area contributed by atoms with Crippen molar-refractivity contribution in [3.63, 3.8) is 0 Å². The number of pyridine rings is 1. The van der Waals surface area contributed by atoms with E-state index in [9.17, 15) is 13.2 Å². The Morgan fingerprint density at radius 2 is 2.20 bits per heavy atom. The standard InChI is InChI=1S/C11H12N4O4S/c1-7-4-12-3-2-8(7)5-14-20(18,19)10-9(11(16)17)6-13-15-10/h2-4,6,14H,5H2,1H3,(H,13,15)(H,16,17). The minimum absolute atomic E-state index is 0.0365. The normalized spacial score (nSPS) is 11.4. The number of rotatable bonds is 5. The SMILES string of the molecule is Cc1cnccc1CNS(=O)(=O)c1[nH]ncc1C(=O)O. The molecule has 0 aliphatic rings. The monoisotopic (exact) mass is 296 g/mol. The molecule has 8 nitrogen and oxygen atoms in total. The molecule has 0 unspecified atom stereocenters. The molecular formula is C11H12N4O4S. The number of sulfonamides is 1. The van der Waals surface area contributed by atoms with Crippen molar-refractivity contribution >= 4 is 16.0 Å². The molecule has 2 aromatic rings. The number of aromatic nitrogens is 3. The van der Waals surface area contributed by atoms with Gasteiger partial charge in [0.25, 0.3) is 10.0 Å². The van der Waals surface area contributed by atoms with Gasteiger partial charge < -0.3 is 5.11 Å². The van der Waals surface area contributed by atoms with Crippen LogP contribution in [-0.4, -0.2) is 34.7 Å². The Labute approximate surface area is 114 Å². The summed E-state index contributed by atoms with van der Waals surface area (Å²) in [5.41, 5.74) is 1.18. The summed E-state index contributed by atoms with van der Waals surface area (Å²) in [5.74, 6) is -1.36. The van der Waals surface area contributed by atoms with Crippen LogP contribution in [0.25, 0.3) is 0 Å². The fourth-order valence-corrected chi connectivity index (χ4v) is 2.67. The molecule has 3 N–H and O–H groups in total. The summed E-state index contributed by atoms with van der Waals surface area (Å²) in [7, 11) is -3.98. The smallest absolute Gasteiger partial charge is 0.340 e. The molecule has 0 aliphatic heterocycles. The van der Waals surface area contributed by atoms with Crippen LogP contribution in [0.2, 0.25) is 0 Å². The van der Waals surface area contributed by atoms with Crippen molar-refractivity contribution in [3.05, 3.63) is 41.3 Å². The summed E-state index contributed by atoms with van der Waals surface area (Å²) in [6.45, 7) is 1.84. The second-order valence-electron chi connectivity index (χ2n) is 4.04. The lowest BCUT2D eigenvalue weighted by Crippen LogP contribution is -2.25. The van der Waals surface area contributed by atoms with E-state index in [0.29, 0.717) is 0 Å². The molecule has 9 heteroatoms. The van der Waals surface area contributed by atoms with E-state index in [-0.39, 0.29) is 6.54 Å². The maximum Gasteiger partial charge on any atom is 0.340 e. The molecule has 2 aromatic heterocycles. The molecule has 2 rings (SSSR count). The molecule has 0 spiro atoms. The molecule has 2 heterocycles. The van der Waals surface area contributed by atoms with Crippen molar-refractivity contribution in [2.75, 3.05) is 0 Å². The summed E-state index contributed by atoms with van der Waals surface area (Å²) in [4.78, 5) is 14.8. The number of aromatic carboxylic acids is 1. The van der Waals surface area contributed by atoms with Crippen molar-refractivity contribution in [3.8, 4) is 0 Å². The molecule has 0 saturated carbocycles. The largest absolute Gasteiger partial charge is 0.478 e. The number of carbonyl (C=O) groups is 1. The van der Waals surface area contributed by atoms with E-state index in [2.05, 4.69) is 19.9 Å². The molecule has 0 atom stereocenters. The van der Waals surface area contributed by atoms with Crippen molar-refractivity contribution in [2.24, 2.45) is 0 Å². The fraction of sp³-hybridized carbons (Fsp3) is 0.182. The zero-order valence-electron chi connectivity index (χ0n) is 10.5. The third-order valence-corrected chi connectivity index (χ3v) is 4.07. The third-order valence-electron chi connectivity index (χ3n) is 2.69. The molecule has 0 radical (unpaired) electrons. The van der Waals surface area contributed by atoms with E-state index in [1.165, 1.54) is 0 Å². The highest BCUT2D eigenvalue weighted by molar-refractivity contribution is 7.89. The summed E-state index contributed by atoms with van der Waals surface area (Å²) >= 11 is 0. The minimum Gasteiger partial charge on any atom is -0.478 e. The predicted octanol–water partition coefficient (Wildman–Crippen LogP) is 0.290. The number of nitrogens with one attached hydrogen (secondary N) is 2. The highest BCUT2D eigenvalue weighted by atomic mass is 32.2. The Kier molecular flexibility index (Phi) is 3.81. The van der Waals surface area contributed by atoms with E-state index in [4.69, 9.17) is 5.11 Å². The van der Waals surface area contributed by atoms with E-state index >= 15 is 0 Å². The molecule has 0 fully saturated rings. The second-order valence-corrected chi connectivity index (χ2v) is 5.75. The van der Waals surface area contributed by atoms with Gasteiger partial charge in [-0.2, -0.15) is 5.10 Å². The Bertz CT molecular complexity index is 738. The number of hydrogen-bond donors (Lipinski definition) is 3. The first-order valence-corrected chi connectivity index (χ1v) is 7.06. The molecular weight excluding hydrogens is 284 g/mol. The van der Waals surface area contributed by atoms with Gasteiger partial charge in [-0.1, -0.05) is 0 Å². The van der Waals surface area contributed by atoms with E-state index in [1.54, 1.807) is 25.4 Å². The quantitative estimate of drug-likeness (QED) is 0.728. The van der Waals surface area contributed by atoms with Gasteiger partial charge in [0.15, 0.2) is 5.03 Å². The highest BCUT2D eigenvalue weighted by Gasteiger charge is 2.24. The Balaban J connectivity index is 2.22. The van der Waals surface area contributed by atoms with Crippen LogP contribution in [0, 0.1) is 6.92 Å². The lowest BCUT2D eigenvalue weighted by molar-refractivity contribution is 0.0692. The maximum absolute atomic E-state index is 12.0. The number of aryl methyl sites for hydroxylation is 1. The number of carboxylic acid groups (broad SMARTS) is 1. The summed E-state index contributed by atoms with van der Waals surface area (Å²) in [6, 6.07) is 1.68.